The van der Waals surface area contributed by atoms with Crippen LogP contribution in [-0.2, 0) is 6.54 Å². The van der Waals surface area contributed by atoms with Gasteiger partial charge in [-0.3, -0.25) is 0 Å². The first-order valence-corrected chi connectivity index (χ1v) is 11.4. The molecule has 0 saturated carbocycles. The molecule has 166 valence electrons. The Balaban J connectivity index is 1.56. The van der Waals surface area contributed by atoms with Crippen molar-refractivity contribution in [2.45, 2.75) is 39.8 Å². The lowest BCUT2D eigenvalue weighted by Crippen LogP contribution is -2.29. The van der Waals surface area contributed by atoms with Crippen LogP contribution < -0.4 is 10.1 Å². The molecule has 0 amide bonds. The van der Waals surface area contributed by atoms with Gasteiger partial charge in [-0.25, -0.2) is 0 Å². The predicted molar refractivity (Wildman–Crippen MR) is 133 cm³/mol. The fraction of sp³-hybridized carbons (Fsp3) is 0.286. The van der Waals surface area contributed by atoms with Gasteiger partial charge >= 0.3 is 0 Å². The van der Waals surface area contributed by atoms with Crippen molar-refractivity contribution >= 4 is 10.9 Å². The molecule has 32 heavy (non-hydrogen) atoms. The van der Waals surface area contributed by atoms with Crippen molar-refractivity contribution in [1.29, 1.82) is 0 Å². The standard InChI is InChI=1S/C28H32N2O2/c1-4-20(2)29-17-18-32-25-15-9-22(10-16-25)19-30-27-8-6-5-7-26(27)21(3)28(30)23-11-13-24(31)14-12-23/h5-16,20,29,31H,4,17-19H2,1-3H3. The lowest BCUT2D eigenvalue weighted by molar-refractivity contribution is 0.306. The second kappa shape index (κ2) is 9.92. The van der Waals surface area contributed by atoms with Crippen LogP contribution >= 0.6 is 0 Å². The number of aryl methyl sites for hydroxylation is 1. The molecule has 0 aliphatic heterocycles. The van der Waals surface area contributed by atoms with Gasteiger partial charge in [-0.15, -0.1) is 0 Å². The molecule has 1 atom stereocenters. The zero-order chi connectivity index (χ0) is 22.5. The second-order valence-electron chi connectivity index (χ2n) is 8.38. The molecule has 0 spiro atoms. The Bertz CT molecular complexity index is 1160. The van der Waals surface area contributed by atoms with E-state index in [0.29, 0.717) is 12.6 Å². The van der Waals surface area contributed by atoms with E-state index in [4.69, 9.17) is 4.74 Å². The Hall–Kier alpha value is -3.24. The van der Waals surface area contributed by atoms with E-state index >= 15 is 0 Å². The monoisotopic (exact) mass is 428 g/mol. The molecule has 1 unspecified atom stereocenters. The summed E-state index contributed by atoms with van der Waals surface area (Å²) in [5.74, 6) is 1.18. The van der Waals surface area contributed by atoms with Gasteiger partial charge in [-0.1, -0.05) is 37.3 Å². The summed E-state index contributed by atoms with van der Waals surface area (Å²) in [6.45, 7) is 8.82. The lowest BCUT2D eigenvalue weighted by atomic mass is 10.1. The first-order chi connectivity index (χ1) is 15.6. The van der Waals surface area contributed by atoms with E-state index < -0.39 is 0 Å². The average molecular weight is 429 g/mol. The van der Waals surface area contributed by atoms with Gasteiger partial charge in [0.1, 0.15) is 18.1 Å². The number of phenols is 1. The maximum Gasteiger partial charge on any atom is 0.119 e. The zero-order valence-corrected chi connectivity index (χ0v) is 19.1. The predicted octanol–water partition coefficient (Wildman–Crippen LogP) is 6.14. The van der Waals surface area contributed by atoms with E-state index in [1.807, 2.05) is 12.1 Å². The molecule has 4 aromatic rings. The molecule has 1 heterocycles. The fourth-order valence-electron chi connectivity index (χ4n) is 4.12. The number of nitrogens with zero attached hydrogens (tertiary/aromatic N) is 1. The topological polar surface area (TPSA) is 46.4 Å². The number of nitrogens with one attached hydrogen (secondary N) is 1. The molecule has 4 rings (SSSR count). The summed E-state index contributed by atoms with van der Waals surface area (Å²) >= 11 is 0. The number of benzene rings is 3. The maximum absolute atomic E-state index is 9.74. The van der Waals surface area contributed by atoms with Crippen LogP contribution in [-0.4, -0.2) is 28.9 Å². The normalized spacial score (nSPS) is 12.2. The summed E-state index contributed by atoms with van der Waals surface area (Å²) in [5, 5.41) is 14.4. The number of phenolic OH excluding ortho intramolecular Hbond substituents is 1. The smallest absolute Gasteiger partial charge is 0.119 e. The molecule has 0 radical (unpaired) electrons. The summed E-state index contributed by atoms with van der Waals surface area (Å²) in [7, 11) is 0. The largest absolute Gasteiger partial charge is 0.508 e. The third-order valence-electron chi connectivity index (χ3n) is 6.10. The van der Waals surface area contributed by atoms with Crippen LogP contribution in [0, 0.1) is 6.92 Å². The van der Waals surface area contributed by atoms with Crippen molar-refractivity contribution in [3.8, 4) is 22.8 Å². The van der Waals surface area contributed by atoms with Crippen LogP contribution in [0.3, 0.4) is 0 Å². The van der Waals surface area contributed by atoms with Crippen LogP contribution in [0.2, 0.25) is 0 Å². The number of para-hydroxylation sites is 1. The van der Waals surface area contributed by atoms with Gasteiger partial charge in [0.25, 0.3) is 0 Å². The first kappa shape index (κ1) is 22.0. The number of aromatic hydroxyl groups is 1. The maximum atomic E-state index is 9.74. The molecular formula is C28H32N2O2. The van der Waals surface area contributed by atoms with Gasteiger partial charge in [0.15, 0.2) is 0 Å². The highest BCUT2D eigenvalue weighted by molar-refractivity contribution is 5.91. The van der Waals surface area contributed by atoms with E-state index in [0.717, 1.165) is 30.8 Å². The molecule has 0 aliphatic rings. The number of aromatic nitrogens is 1. The number of hydrogen-bond donors (Lipinski definition) is 2. The molecule has 0 bridgehead atoms. The number of fused-ring (bicyclic) bond motifs is 1. The SMILES string of the molecule is CCC(C)NCCOc1ccc(Cn2c(-c3ccc(O)cc3)c(C)c3ccccc32)cc1. The van der Waals surface area contributed by atoms with Crippen LogP contribution in [0.4, 0.5) is 0 Å². The highest BCUT2D eigenvalue weighted by atomic mass is 16.5. The highest BCUT2D eigenvalue weighted by Crippen LogP contribution is 2.34. The van der Waals surface area contributed by atoms with E-state index in [2.05, 4.69) is 79.2 Å². The van der Waals surface area contributed by atoms with Gasteiger partial charge < -0.3 is 19.7 Å². The number of rotatable bonds is 9. The van der Waals surface area contributed by atoms with Crippen LogP contribution in [0.5, 0.6) is 11.5 Å². The van der Waals surface area contributed by atoms with Crippen LogP contribution in [0.25, 0.3) is 22.2 Å². The molecule has 4 heteroatoms. The zero-order valence-electron chi connectivity index (χ0n) is 19.1. The van der Waals surface area contributed by atoms with Crippen LogP contribution in [0.15, 0.2) is 72.8 Å². The van der Waals surface area contributed by atoms with Crippen molar-refractivity contribution in [2.24, 2.45) is 0 Å². The molecule has 1 aromatic heterocycles. The number of hydrogen-bond acceptors (Lipinski definition) is 3. The van der Waals surface area contributed by atoms with Gasteiger partial charge in [0, 0.05) is 30.0 Å². The Labute approximate surface area is 190 Å². The summed E-state index contributed by atoms with van der Waals surface area (Å²) in [6.07, 6.45) is 1.12. The quantitative estimate of drug-likeness (QED) is 0.315. The summed E-state index contributed by atoms with van der Waals surface area (Å²) in [6, 6.07) is 24.9. The van der Waals surface area contributed by atoms with Gasteiger partial charge in [0.05, 0.1) is 5.69 Å². The minimum absolute atomic E-state index is 0.281. The Morgan fingerprint density at radius 1 is 0.969 bits per heavy atom. The van der Waals surface area contributed by atoms with Crippen molar-refractivity contribution in [2.75, 3.05) is 13.2 Å². The van der Waals surface area contributed by atoms with E-state index in [1.165, 1.54) is 27.7 Å². The molecule has 0 saturated heterocycles. The van der Waals surface area contributed by atoms with Gasteiger partial charge in [-0.2, -0.15) is 0 Å². The van der Waals surface area contributed by atoms with E-state index in [9.17, 15) is 5.11 Å². The Morgan fingerprint density at radius 2 is 1.69 bits per heavy atom. The van der Waals surface area contributed by atoms with Crippen molar-refractivity contribution in [3.63, 3.8) is 0 Å². The summed E-state index contributed by atoms with van der Waals surface area (Å²) in [5.41, 5.74) is 5.97. The highest BCUT2D eigenvalue weighted by Gasteiger charge is 2.16. The molecular weight excluding hydrogens is 396 g/mol. The minimum atomic E-state index is 0.281. The molecule has 0 aliphatic carbocycles. The molecule has 2 N–H and O–H groups in total. The van der Waals surface area contributed by atoms with Crippen molar-refractivity contribution in [1.82, 2.24) is 9.88 Å². The third kappa shape index (κ3) is 4.81. The minimum Gasteiger partial charge on any atom is -0.508 e. The lowest BCUT2D eigenvalue weighted by Gasteiger charge is -2.14. The Kier molecular flexibility index (Phi) is 6.81. The fourth-order valence-corrected chi connectivity index (χ4v) is 4.12. The molecule has 3 aromatic carbocycles. The van der Waals surface area contributed by atoms with Gasteiger partial charge in [0.2, 0.25) is 0 Å². The van der Waals surface area contributed by atoms with E-state index in [1.54, 1.807) is 12.1 Å². The van der Waals surface area contributed by atoms with E-state index in [-0.39, 0.29) is 5.75 Å². The number of ether oxygens (including phenoxy) is 1. The summed E-state index contributed by atoms with van der Waals surface area (Å²) < 4.78 is 8.26. The summed E-state index contributed by atoms with van der Waals surface area (Å²) in [4.78, 5) is 0. The van der Waals surface area contributed by atoms with Gasteiger partial charge in [-0.05, 0) is 79.4 Å². The molecule has 0 fully saturated rings. The Morgan fingerprint density at radius 3 is 2.41 bits per heavy atom. The second-order valence-corrected chi connectivity index (χ2v) is 8.38. The van der Waals surface area contributed by atoms with Crippen LogP contribution in [0.1, 0.15) is 31.4 Å². The van der Waals surface area contributed by atoms with Crippen molar-refractivity contribution in [3.05, 3.63) is 83.9 Å². The third-order valence-corrected chi connectivity index (χ3v) is 6.10. The first-order valence-electron chi connectivity index (χ1n) is 11.4. The van der Waals surface area contributed by atoms with Crippen molar-refractivity contribution < 1.29 is 9.84 Å². The average Bonchev–Trinajstić information content (AvgIpc) is 3.10. The molecule has 4 nitrogen and oxygen atoms in total.